The molecular weight excluding hydrogens is 260 g/mol. The molecule has 0 radical (unpaired) electrons. The van der Waals surface area contributed by atoms with Crippen molar-refractivity contribution in [2.75, 3.05) is 13.7 Å². The first kappa shape index (κ1) is 14.4. The Balaban J connectivity index is 2.95. The zero-order valence-corrected chi connectivity index (χ0v) is 10.5. The summed E-state index contributed by atoms with van der Waals surface area (Å²) in [5, 5.41) is 8.74. The fourth-order valence-corrected chi connectivity index (χ4v) is 2.41. The van der Waals surface area contributed by atoms with Crippen LogP contribution in [0.4, 0.5) is 0 Å². The molecule has 1 atom stereocenters. The number of hydrogen-bond acceptors (Lipinski definition) is 5. The van der Waals surface area contributed by atoms with E-state index in [-0.39, 0.29) is 11.4 Å². The van der Waals surface area contributed by atoms with Crippen LogP contribution in [0, 0.1) is 0 Å². The third-order valence-corrected chi connectivity index (χ3v) is 3.69. The number of methoxy groups -OCH3 is 1. The van der Waals surface area contributed by atoms with Gasteiger partial charge < -0.3 is 15.6 Å². The van der Waals surface area contributed by atoms with E-state index >= 15 is 0 Å². The highest BCUT2D eigenvalue weighted by atomic mass is 32.2. The van der Waals surface area contributed by atoms with E-state index < -0.39 is 22.0 Å². The number of carboxylic acid groups (broad SMARTS) is 1. The molecule has 7 nitrogen and oxygen atoms in total. The largest absolute Gasteiger partial charge is 0.497 e. The summed E-state index contributed by atoms with van der Waals surface area (Å²) in [7, 11) is -2.45. The Morgan fingerprint density at radius 3 is 2.39 bits per heavy atom. The molecule has 0 amide bonds. The minimum atomic E-state index is -3.91. The average Bonchev–Trinajstić information content (AvgIpc) is 2.35. The first-order chi connectivity index (χ1) is 8.40. The SMILES string of the molecule is COc1ccc(S(=O)(=O)N[C@@H](CN)C(=O)O)cc1. The van der Waals surface area contributed by atoms with Gasteiger partial charge in [0.05, 0.1) is 12.0 Å². The van der Waals surface area contributed by atoms with Crippen LogP contribution in [0.15, 0.2) is 29.2 Å². The maximum absolute atomic E-state index is 11.8. The molecule has 0 saturated carbocycles. The lowest BCUT2D eigenvalue weighted by molar-refractivity contribution is -0.138. The molecule has 0 fully saturated rings. The summed E-state index contributed by atoms with van der Waals surface area (Å²) in [4.78, 5) is 10.7. The molecule has 0 unspecified atom stereocenters. The quantitative estimate of drug-likeness (QED) is 0.636. The zero-order valence-electron chi connectivity index (χ0n) is 9.66. The Bertz CT molecular complexity index is 512. The van der Waals surface area contributed by atoms with Gasteiger partial charge in [0, 0.05) is 6.54 Å². The number of sulfonamides is 1. The molecule has 18 heavy (non-hydrogen) atoms. The summed E-state index contributed by atoms with van der Waals surface area (Å²) in [5.74, 6) is -0.822. The molecule has 1 rings (SSSR count). The van der Waals surface area contributed by atoms with Gasteiger partial charge in [-0.2, -0.15) is 4.72 Å². The third kappa shape index (κ3) is 3.42. The summed E-state index contributed by atoms with van der Waals surface area (Å²) >= 11 is 0. The summed E-state index contributed by atoms with van der Waals surface area (Å²) in [6.45, 7) is -0.329. The number of nitrogens with one attached hydrogen (secondary N) is 1. The van der Waals surface area contributed by atoms with E-state index in [1.54, 1.807) is 0 Å². The van der Waals surface area contributed by atoms with Crippen LogP contribution in [0.3, 0.4) is 0 Å². The van der Waals surface area contributed by atoms with Gasteiger partial charge in [0.2, 0.25) is 10.0 Å². The first-order valence-corrected chi connectivity index (χ1v) is 6.48. The van der Waals surface area contributed by atoms with E-state index in [0.29, 0.717) is 5.75 Å². The molecule has 0 spiro atoms. The van der Waals surface area contributed by atoms with Gasteiger partial charge >= 0.3 is 5.97 Å². The van der Waals surface area contributed by atoms with Gasteiger partial charge in [0.15, 0.2) is 0 Å². The summed E-state index contributed by atoms with van der Waals surface area (Å²) in [6, 6.07) is 4.21. The number of hydrogen-bond donors (Lipinski definition) is 3. The van der Waals surface area contributed by atoms with E-state index in [9.17, 15) is 13.2 Å². The molecule has 100 valence electrons. The number of nitrogens with two attached hydrogens (primary N) is 1. The van der Waals surface area contributed by atoms with Crippen LogP contribution in [0.2, 0.25) is 0 Å². The van der Waals surface area contributed by atoms with Gasteiger partial charge in [-0.05, 0) is 24.3 Å². The second kappa shape index (κ2) is 5.80. The fraction of sp³-hybridized carbons (Fsp3) is 0.300. The van der Waals surface area contributed by atoms with Gasteiger partial charge in [-0.3, -0.25) is 4.79 Å². The highest BCUT2D eigenvalue weighted by Gasteiger charge is 2.23. The molecule has 1 aromatic rings. The number of aliphatic carboxylic acids is 1. The Morgan fingerprint density at radius 1 is 1.44 bits per heavy atom. The standard InChI is InChI=1S/C10H14N2O5S/c1-17-7-2-4-8(5-3-7)18(15,16)12-9(6-11)10(13)14/h2-5,9,12H,6,11H2,1H3,(H,13,14)/t9-/m0/s1. The van der Waals surface area contributed by atoms with Gasteiger partial charge in [0.1, 0.15) is 11.8 Å². The lowest BCUT2D eigenvalue weighted by Crippen LogP contribution is -2.45. The third-order valence-electron chi connectivity index (χ3n) is 2.20. The van der Waals surface area contributed by atoms with Gasteiger partial charge in [-0.25, -0.2) is 8.42 Å². The Morgan fingerprint density at radius 2 is 2.00 bits per heavy atom. The van der Waals surface area contributed by atoms with Gasteiger partial charge in [-0.15, -0.1) is 0 Å². The highest BCUT2D eigenvalue weighted by molar-refractivity contribution is 7.89. The molecule has 1 aromatic carbocycles. The molecule has 0 bridgehead atoms. The van der Waals surface area contributed by atoms with Crippen LogP contribution in [-0.2, 0) is 14.8 Å². The number of rotatable bonds is 6. The second-order valence-corrected chi connectivity index (χ2v) is 5.14. The van der Waals surface area contributed by atoms with E-state index in [2.05, 4.69) is 0 Å². The van der Waals surface area contributed by atoms with Crippen LogP contribution in [-0.4, -0.2) is 39.2 Å². The minimum absolute atomic E-state index is 0.0528. The Kier molecular flexibility index (Phi) is 4.65. The second-order valence-electron chi connectivity index (χ2n) is 3.42. The van der Waals surface area contributed by atoms with Crippen molar-refractivity contribution in [3.63, 3.8) is 0 Å². The molecular formula is C10H14N2O5S. The number of ether oxygens (including phenoxy) is 1. The van der Waals surface area contributed by atoms with Crippen molar-refractivity contribution >= 4 is 16.0 Å². The van der Waals surface area contributed by atoms with E-state index in [0.717, 1.165) is 0 Å². The predicted molar refractivity (Wildman–Crippen MR) is 63.8 cm³/mol. The topological polar surface area (TPSA) is 119 Å². The molecule has 0 aliphatic rings. The van der Waals surface area contributed by atoms with Crippen molar-refractivity contribution in [3.8, 4) is 5.75 Å². The normalized spacial score (nSPS) is 13.0. The van der Waals surface area contributed by atoms with E-state index in [1.807, 2.05) is 4.72 Å². The molecule has 0 aromatic heterocycles. The summed E-state index contributed by atoms with van der Waals surface area (Å²) in [6.07, 6.45) is 0. The first-order valence-electron chi connectivity index (χ1n) is 5.00. The van der Waals surface area contributed by atoms with Crippen molar-refractivity contribution < 1.29 is 23.1 Å². The number of carbonyl (C=O) groups is 1. The van der Waals surface area contributed by atoms with Crippen LogP contribution >= 0.6 is 0 Å². The molecule has 0 saturated heterocycles. The predicted octanol–water partition coefficient (Wildman–Crippen LogP) is -0.615. The summed E-state index contributed by atoms with van der Waals surface area (Å²) in [5.41, 5.74) is 5.18. The van der Waals surface area contributed by atoms with Crippen molar-refractivity contribution in [3.05, 3.63) is 24.3 Å². The average molecular weight is 274 g/mol. The monoisotopic (exact) mass is 274 g/mol. The molecule has 0 heterocycles. The molecule has 4 N–H and O–H groups in total. The van der Waals surface area contributed by atoms with E-state index in [1.165, 1.54) is 31.4 Å². The summed E-state index contributed by atoms with van der Waals surface area (Å²) < 4.78 is 30.6. The van der Waals surface area contributed by atoms with Crippen LogP contribution in [0.1, 0.15) is 0 Å². The van der Waals surface area contributed by atoms with Gasteiger partial charge in [0.25, 0.3) is 0 Å². The smallest absolute Gasteiger partial charge is 0.323 e. The van der Waals surface area contributed by atoms with E-state index in [4.69, 9.17) is 15.6 Å². The van der Waals surface area contributed by atoms with Crippen LogP contribution < -0.4 is 15.2 Å². The van der Waals surface area contributed by atoms with Crippen LogP contribution in [0.5, 0.6) is 5.75 Å². The lowest BCUT2D eigenvalue weighted by Gasteiger charge is -2.12. The lowest BCUT2D eigenvalue weighted by atomic mass is 10.3. The van der Waals surface area contributed by atoms with Crippen molar-refractivity contribution in [2.24, 2.45) is 5.73 Å². The molecule has 0 aliphatic heterocycles. The fourth-order valence-electron chi connectivity index (χ4n) is 1.21. The van der Waals surface area contributed by atoms with Crippen molar-refractivity contribution in [1.29, 1.82) is 0 Å². The minimum Gasteiger partial charge on any atom is -0.497 e. The Hall–Kier alpha value is -1.64. The Labute approximate surface area is 105 Å². The number of carboxylic acids is 1. The van der Waals surface area contributed by atoms with Crippen molar-refractivity contribution in [1.82, 2.24) is 4.72 Å². The maximum Gasteiger partial charge on any atom is 0.323 e. The van der Waals surface area contributed by atoms with Gasteiger partial charge in [-0.1, -0.05) is 0 Å². The number of benzene rings is 1. The molecule has 8 heteroatoms. The molecule has 0 aliphatic carbocycles. The zero-order chi connectivity index (χ0) is 13.8. The maximum atomic E-state index is 11.8. The highest BCUT2D eigenvalue weighted by Crippen LogP contribution is 2.15. The van der Waals surface area contributed by atoms with Crippen molar-refractivity contribution in [2.45, 2.75) is 10.9 Å². The van der Waals surface area contributed by atoms with Crippen LogP contribution in [0.25, 0.3) is 0 Å².